The van der Waals surface area contributed by atoms with Crippen LogP contribution in [0.2, 0.25) is 0 Å². The summed E-state index contributed by atoms with van der Waals surface area (Å²) in [4.78, 5) is 25.0. The lowest BCUT2D eigenvalue weighted by molar-refractivity contribution is -0.121. The van der Waals surface area contributed by atoms with Crippen LogP contribution < -0.4 is 10.5 Å². The number of hydrogen-bond acceptors (Lipinski definition) is 6. The number of carbonyl (C=O) groups is 1. The number of benzene rings is 1. The molecule has 0 radical (unpaired) electrons. The molecule has 1 aromatic rings. The third kappa shape index (κ3) is 3.54. The summed E-state index contributed by atoms with van der Waals surface area (Å²) in [5, 5.41) is 19.6. The lowest BCUT2D eigenvalue weighted by Crippen LogP contribution is -2.31. The Bertz CT molecular complexity index is 752. The van der Waals surface area contributed by atoms with Crippen molar-refractivity contribution in [1.29, 1.82) is 5.26 Å². The van der Waals surface area contributed by atoms with Crippen LogP contribution in [0.25, 0.3) is 4.85 Å². The first-order valence-corrected chi connectivity index (χ1v) is 6.55. The highest BCUT2D eigenvalue weighted by atomic mass is 16.3. The smallest absolute Gasteiger partial charge is 0.350 e. The van der Waals surface area contributed by atoms with Gasteiger partial charge in [0.15, 0.2) is 0 Å². The van der Waals surface area contributed by atoms with E-state index in [-0.39, 0.29) is 11.8 Å². The average Bonchev–Trinajstić information content (AvgIpc) is 2.56. The minimum absolute atomic E-state index is 0.0276. The van der Waals surface area contributed by atoms with Crippen LogP contribution in [0.5, 0.6) is 0 Å². The zero-order chi connectivity index (χ0) is 16.8. The Hall–Kier alpha value is -3.59. The van der Waals surface area contributed by atoms with Crippen LogP contribution in [0.4, 0.5) is 5.69 Å². The second kappa shape index (κ2) is 6.91. The van der Waals surface area contributed by atoms with Gasteiger partial charge in [0, 0.05) is 17.4 Å². The Balaban J connectivity index is 2.27. The van der Waals surface area contributed by atoms with Gasteiger partial charge in [0.05, 0.1) is 11.0 Å². The van der Waals surface area contributed by atoms with Gasteiger partial charge in [-0.2, -0.15) is 5.10 Å². The second-order valence-electron chi connectivity index (χ2n) is 4.70. The van der Waals surface area contributed by atoms with Crippen LogP contribution in [0.15, 0.2) is 39.8 Å². The van der Waals surface area contributed by atoms with Crippen molar-refractivity contribution in [1.82, 2.24) is 5.43 Å². The van der Waals surface area contributed by atoms with Crippen molar-refractivity contribution in [2.75, 3.05) is 5.12 Å². The SMILES string of the molecule is [C-]#[N+]/C(C#N)=N\N(N=O)c1ccc(C2=NNC(=O)CC2C)cc1. The Morgan fingerprint density at radius 3 is 2.74 bits per heavy atom. The molecular formula is C14H11N7O2. The number of nitroso groups, excluding NO2 is 1. The molecule has 1 N–H and O–H groups in total. The molecule has 1 heterocycles. The van der Waals surface area contributed by atoms with Crippen molar-refractivity contribution in [3.8, 4) is 6.07 Å². The number of hydrazone groups is 2. The third-order valence-electron chi connectivity index (χ3n) is 3.13. The first-order chi connectivity index (χ1) is 11.1. The molecule has 0 saturated carbocycles. The Morgan fingerprint density at radius 1 is 1.52 bits per heavy atom. The van der Waals surface area contributed by atoms with E-state index in [4.69, 9.17) is 11.8 Å². The molecule has 1 aromatic carbocycles. The molecule has 23 heavy (non-hydrogen) atoms. The van der Waals surface area contributed by atoms with Crippen molar-refractivity contribution in [2.24, 2.45) is 21.4 Å². The van der Waals surface area contributed by atoms with Crippen LogP contribution in [0, 0.1) is 28.7 Å². The highest BCUT2D eigenvalue weighted by Gasteiger charge is 2.22. The fraction of sp³-hybridized carbons (Fsp3) is 0.214. The van der Waals surface area contributed by atoms with Gasteiger partial charge in [0.1, 0.15) is 11.8 Å². The first kappa shape index (κ1) is 15.8. The van der Waals surface area contributed by atoms with Crippen LogP contribution in [0.3, 0.4) is 0 Å². The lowest BCUT2D eigenvalue weighted by Gasteiger charge is -2.19. The third-order valence-corrected chi connectivity index (χ3v) is 3.13. The van der Waals surface area contributed by atoms with E-state index >= 15 is 0 Å². The average molecular weight is 309 g/mol. The van der Waals surface area contributed by atoms with E-state index in [2.05, 4.69) is 25.8 Å². The van der Waals surface area contributed by atoms with E-state index in [1.807, 2.05) is 6.92 Å². The molecule has 114 valence electrons. The van der Waals surface area contributed by atoms with Gasteiger partial charge >= 0.3 is 5.84 Å². The molecular weight excluding hydrogens is 298 g/mol. The number of hydrogen-bond donors (Lipinski definition) is 1. The van der Waals surface area contributed by atoms with E-state index in [9.17, 15) is 9.70 Å². The Morgan fingerprint density at radius 2 is 2.22 bits per heavy atom. The minimum atomic E-state index is -0.498. The van der Waals surface area contributed by atoms with Crippen molar-refractivity contribution >= 4 is 23.1 Å². The molecule has 1 atom stereocenters. The molecule has 0 saturated heterocycles. The van der Waals surface area contributed by atoms with E-state index in [1.54, 1.807) is 30.3 Å². The minimum Gasteiger partial charge on any atom is -0.350 e. The fourth-order valence-electron chi connectivity index (χ4n) is 2.05. The number of nitriles is 1. The predicted octanol–water partition coefficient (Wildman–Crippen LogP) is 1.79. The number of nitrogens with zero attached hydrogens (tertiary/aromatic N) is 6. The summed E-state index contributed by atoms with van der Waals surface area (Å²) in [5.41, 5.74) is 4.23. The van der Waals surface area contributed by atoms with Gasteiger partial charge in [-0.1, -0.05) is 25.6 Å². The van der Waals surface area contributed by atoms with Crippen LogP contribution in [-0.4, -0.2) is 17.5 Å². The molecule has 2 rings (SSSR count). The number of anilines is 1. The summed E-state index contributed by atoms with van der Waals surface area (Å²) in [6.07, 6.45) is 0.351. The largest absolute Gasteiger partial charge is 0.373 e. The zero-order valence-electron chi connectivity index (χ0n) is 12.1. The fourth-order valence-corrected chi connectivity index (χ4v) is 2.05. The normalized spacial score (nSPS) is 17.3. The van der Waals surface area contributed by atoms with Gasteiger partial charge in [-0.05, 0) is 22.8 Å². The number of nitrogens with one attached hydrogen (secondary N) is 1. The Kier molecular flexibility index (Phi) is 4.75. The summed E-state index contributed by atoms with van der Waals surface area (Å²) < 4.78 is 0. The van der Waals surface area contributed by atoms with E-state index < -0.39 is 5.84 Å². The number of rotatable bonds is 4. The number of amides is 1. The van der Waals surface area contributed by atoms with Gasteiger partial charge in [-0.3, -0.25) is 4.79 Å². The maximum Gasteiger partial charge on any atom is 0.373 e. The van der Waals surface area contributed by atoms with Gasteiger partial charge in [0.25, 0.3) is 0 Å². The summed E-state index contributed by atoms with van der Waals surface area (Å²) in [6.45, 7) is 8.64. The maximum absolute atomic E-state index is 11.3. The second-order valence-corrected chi connectivity index (χ2v) is 4.70. The topological polar surface area (TPSA) is 115 Å². The predicted molar refractivity (Wildman–Crippen MR) is 82.8 cm³/mol. The molecule has 0 aliphatic carbocycles. The van der Waals surface area contributed by atoms with E-state index in [0.717, 1.165) is 11.3 Å². The number of carbonyl (C=O) groups excluding carboxylic acids is 1. The highest BCUT2D eigenvalue weighted by Crippen LogP contribution is 2.21. The van der Waals surface area contributed by atoms with Gasteiger partial charge < -0.3 is 4.85 Å². The summed E-state index contributed by atoms with van der Waals surface area (Å²) >= 11 is 0. The summed E-state index contributed by atoms with van der Waals surface area (Å²) in [5.74, 6) is -0.659. The van der Waals surface area contributed by atoms with E-state index in [1.165, 1.54) is 0 Å². The Labute approximate surface area is 131 Å². The molecule has 0 fully saturated rings. The monoisotopic (exact) mass is 309 g/mol. The van der Waals surface area contributed by atoms with Crippen molar-refractivity contribution in [2.45, 2.75) is 13.3 Å². The van der Waals surface area contributed by atoms with Gasteiger partial charge in [-0.25, -0.2) is 10.7 Å². The lowest BCUT2D eigenvalue weighted by atomic mass is 9.94. The molecule has 1 aliphatic heterocycles. The van der Waals surface area contributed by atoms with Crippen LogP contribution in [-0.2, 0) is 4.79 Å². The zero-order valence-corrected chi connectivity index (χ0v) is 12.1. The highest BCUT2D eigenvalue weighted by molar-refractivity contribution is 6.06. The van der Waals surface area contributed by atoms with Gasteiger partial charge in [0.2, 0.25) is 5.91 Å². The standard InChI is InChI=1S/C14H11N7O2/c1-9-7-13(22)17-18-14(9)10-3-5-11(6-4-10)21(20-23)19-12(8-15)16-2/h3-6,9H,7H2,1H3,(H,17,22)/b19-12-. The van der Waals surface area contributed by atoms with Crippen molar-refractivity contribution in [3.63, 3.8) is 0 Å². The molecule has 1 amide bonds. The van der Waals surface area contributed by atoms with Crippen LogP contribution in [0.1, 0.15) is 18.9 Å². The van der Waals surface area contributed by atoms with Crippen molar-refractivity contribution in [3.05, 3.63) is 46.2 Å². The molecule has 9 heteroatoms. The van der Waals surface area contributed by atoms with Gasteiger partial charge in [-0.15, -0.1) is 4.91 Å². The molecule has 9 nitrogen and oxygen atoms in total. The first-order valence-electron chi connectivity index (χ1n) is 6.55. The molecule has 0 spiro atoms. The van der Waals surface area contributed by atoms with Crippen molar-refractivity contribution < 1.29 is 4.79 Å². The quantitative estimate of drug-likeness (QED) is 0.300. The molecule has 1 unspecified atom stereocenters. The van der Waals surface area contributed by atoms with E-state index in [0.29, 0.717) is 17.2 Å². The molecule has 1 aliphatic rings. The number of amidine groups is 1. The maximum atomic E-state index is 11.3. The summed E-state index contributed by atoms with van der Waals surface area (Å²) in [6, 6.07) is 8.06. The molecule has 0 aromatic heterocycles. The summed E-state index contributed by atoms with van der Waals surface area (Å²) in [7, 11) is 0. The molecule has 0 bridgehead atoms. The van der Waals surface area contributed by atoms with Crippen LogP contribution >= 0.6 is 0 Å².